The van der Waals surface area contributed by atoms with Gasteiger partial charge in [-0.2, -0.15) is 0 Å². The van der Waals surface area contributed by atoms with E-state index in [9.17, 15) is 18.0 Å². The van der Waals surface area contributed by atoms with E-state index in [2.05, 4.69) is 22.3 Å². The second kappa shape index (κ2) is 10.9. The molecule has 158 valence electrons. The van der Waals surface area contributed by atoms with Crippen LogP contribution in [-0.2, 0) is 11.2 Å². The molecule has 2 rings (SSSR count). The third-order valence-electron chi connectivity index (χ3n) is 4.60. The van der Waals surface area contributed by atoms with Gasteiger partial charge in [0.2, 0.25) is 5.91 Å². The standard InChI is InChI=1S/C22H27F3N2O2/c1-3-4-5-20(26-2)21(28)27-15-14-16-6-8-17(9-7-16)18-10-12-19(13-11-18)29-22(23,24)25/h6-13,20,26H,3-5,14-15H2,1-2H3,(H,27,28). The minimum atomic E-state index is -4.69. The van der Waals surface area contributed by atoms with Crippen molar-refractivity contribution < 1.29 is 22.7 Å². The molecule has 1 atom stereocenters. The molecule has 2 aromatic rings. The van der Waals surface area contributed by atoms with E-state index in [1.165, 1.54) is 12.1 Å². The number of benzene rings is 2. The van der Waals surface area contributed by atoms with Crippen molar-refractivity contribution in [2.24, 2.45) is 0 Å². The monoisotopic (exact) mass is 408 g/mol. The maximum absolute atomic E-state index is 12.2. The van der Waals surface area contributed by atoms with E-state index < -0.39 is 6.36 Å². The van der Waals surface area contributed by atoms with Gasteiger partial charge in [0.25, 0.3) is 0 Å². The van der Waals surface area contributed by atoms with E-state index in [1.54, 1.807) is 19.2 Å². The second-order valence-electron chi connectivity index (χ2n) is 6.79. The molecule has 1 amide bonds. The lowest BCUT2D eigenvalue weighted by Gasteiger charge is -2.15. The van der Waals surface area contributed by atoms with Gasteiger partial charge in [0.1, 0.15) is 5.75 Å². The number of nitrogens with one attached hydrogen (secondary N) is 2. The van der Waals surface area contributed by atoms with Crippen molar-refractivity contribution in [3.63, 3.8) is 0 Å². The summed E-state index contributed by atoms with van der Waals surface area (Å²) in [6, 6.07) is 13.3. The van der Waals surface area contributed by atoms with Crippen molar-refractivity contribution in [3.8, 4) is 16.9 Å². The molecule has 1 unspecified atom stereocenters. The van der Waals surface area contributed by atoms with Gasteiger partial charge in [-0.05, 0) is 48.7 Å². The predicted octanol–water partition coefficient (Wildman–Crippen LogP) is 4.69. The van der Waals surface area contributed by atoms with Crippen LogP contribution in [0.25, 0.3) is 11.1 Å². The molecule has 0 fully saturated rings. The summed E-state index contributed by atoms with van der Waals surface area (Å²) in [7, 11) is 1.79. The van der Waals surface area contributed by atoms with Crippen LogP contribution in [0.4, 0.5) is 13.2 Å². The molecule has 0 bridgehead atoms. The summed E-state index contributed by atoms with van der Waals surface area (Å²) in [5.74, 6) is -0.230. The van der Waals surface area contributed by atoms with Crippen molar-refractivity contribution in [2.45, 2.75) is 45.0 Å². The van der Waals surface area contributed by atoms with E-state index in [-0.39, 0.29) is 17.7 Å². The van der Waals surface area contributed by atoms with E-state index in [4.69, 9.17) is 0 Å². The topological polar surface area (TPSA) is 50.4 Å². The van der Waals surface area contributed by atoms with Crippen LogP contribution < -0.4 is 15.4 Å². The molecule has 0 aliphatic rings. The number of ether oxygens (including phenoxy) is 1. The van der Waals surface area contributed by atoms with Crippen LogP contribution in [0.2, 0.25) is 0 Å². The third kappa shape index (κ3) is 7.77. The third-order valence-corrected chi connectivity index (χ3v) is 4.60. The number of hydrogen-bond donors (Lipinski definition) is 2. The van der Waals surface area contributed by atoms with Crippen LogP contribution in [0.5, 0.6) is 5.75 Å². The van der Waals surface area contributed by atoms with Gasteiger partial charge in [0.15, 0.2) is 0 Å². The Labute approximate surface area is 169 Å². The molecular weight excluding hydrogens is 381 g/mol. The molecule has 0 spiro atoms. The maximum Gasteiger partial charge on any atom is 0.573 e. The van der Waals surface area contributed by atoms with E-state index in [1.807, 2.05) is 24.3 Å². The number of unbranched alkanes of at least 4 members (excludes halogenated alkanes) is 1. The highest BCUT2D eigenvalue weighted by Gasteiger charge is 2.30. The highest BCUT2D eigenvalue weighted by molar-refractivity contribution is 5.81. The number of amides is 1. The van der Waals surface area contributed by atoms with Gasteiger partial charge >= 0.3 is 6.36 Å². The van der Waals surface area contributed by atoms with Crippen molar-refractivity contribution in [1.29, 1.82) is 0 Å². The van der Waals surface area contributed by atoms with Crippen LogP contribution in [0.15, 0.2) is 48.5 Å². The van der Waals surface area contributed by atoms with Crippen LogP contribution in [-0.4, -0.2) is 31.9 Å². The van der Waals surface area contributed by atoms with Gasteiger partial charge in [0, 0.05) is 6.54 Å². The summed E-state index contributed by atoms with van der Waals surface area (Å²) in [5, 5.41) is 6.00. The highest BCUT2D eigenvalue weighted by atomic mass is 19.4. The van der Waals surface area contributed by atoms with Gasteiger partial charge in [-0.15, -0.1) is 13.2 Å². The average molecular weight is 408 g/mol. The van der Waals surface area contributed by atoms with E-state index >= 15 is 0 Å². The largest absolute Gasteiger partial charge is 0.573 e. The minimum Gasteiger partial charge on any atom is -0.406 e. The molecule has 0 heterocycles. The molecule has 0 aromatic heterocycles. The summed E-state index contributed by atoms with van der Waals surface area (Å²) in [6.07, 6.45) is -1.11. The zero-order chi connectivity index (χ0) is 21.3. The van der Waals surface area contributed by atoms with Gasteiger partial charge in [-0.3, -0.25) is 4.79 Å². The first-order valence-electron chi connectivity index (χ1n) is 9.72. The fourth-order valence-corrected chi connectivity index (χ4v) is 2.98. The molecule has 7 heteroatoms. The Morgan fingerprint density at radius 3 is 2.14 bits per heavy atom. The fraction of sp³-hybridized carbons (Fsp3) is 0.409. The quantitative estimate of drug-likeness (QED) is 0.600. The Hall–Kier alpha value is -2.54. The molecule has 2 aromatic carbocycles. The number of hydrogen-bond acceptors (Lipinski definition) is 3. The van der Waals surface area contributed by atoms with Crippen molar-refractivity contribution in [3.05, 3.63) is 54.1 Å². The number of carbonyl (C=O) groups excluding carboxylic acids is 1. The zero-order valence-electron chi connectivity index (χ0n) is 16.7. The van der Waals surface area contributed by atoms with Crippen molar-refractivity contribution in [1.82, 2.24) is 10.6 Å². The van der Waals surface area contributed by atoms with Crippen LogP contribution >= 0.6 is 0 Å². The first-order valence-corrected chi connectivity index (χ1v) is 9.72. The lowest BCUT2D eigenvalue weighted by atomic mass is 10.0. The minimum absolute atomic E-state index is 0.0127. The van der Waals surface area contributed by atoms with Crippen LogP contribution in [0, 0.1) is 0 Å². The van der Waals surface area contributed by atoms with Crippen LogP contribution in [0.1, 0.15) is 31.7 Å². The summed E-state index contributed by atoms with van der Waals surface area (Å²) >= 11 is 0. The normalized spacial score (nSPS) is 12.4. The highest BCUT2D eigenvalue weighted by Crippen LogP contribution is 2.26. The van der Waals surface area contributed by atoms with E-state index in [0.29, 0.717) is 13.0 Å². The molecule has 29 heavy (non-hydrogen) atoms. The van der Waals surface area contributed by atoms with Gasteiger partial charge < -0.3 is 15.4 Å². The lowest BCUT2D eigenvalue weighted by Crippen LogP contribution is -2.43. The second-order valence-corrected chi connectivity index (χ2v) is 6.79. The first kappa shape index (κ1) is 22.7. The molecule has 0 aliphatic heterocycles. The number of carbonyl (C=O) groups is 1. The summed E-state index contributed by atoms with van der Waals surface area (Å²) in [5.41, 5.74) is 2.76. The Morgan fingerprint density at radius 1 is 1.03 bits per heavy atom. The lowest BCUT2D eigenvalue weighted by molar-refractivity contribution is -0.274. The molecule has 0 saturated carbocycles. The molecular formula is C22H27F3N2O2. The van der Waals surface area contributed by atoms with Gasteiger partial charge in [0.05, 0.1) is 6.04 Å². The average Bonchev–Trinajstić information content (AvgIpc) is 2.68. The molecule has 2 N–H and O–H groups in total. The van der Waals surface area contributed by atoms with Crippen molar-refractivity contribution >= 4 is 5.91 Å². The molecule has 0 aliphatic carbocycles. The summed E-state index contributed by atoms with van der Waals surface area (Å²) in [6.45, 7) is 2.64. The maximum atomic E-state index is 12.2. The number of likely N-dealkylation sites (N-methyl/N-ethyl adjacent to an activating group) is 1. The van der Waals surface area contributed by atoms with E-state index in [0.717, 1.165) is 36.0 Å². The molecule has 0 saturated heterocycles. The smallest absolute Gasteiger partial charge is 0.406 e. The predicted molar refractivity (Wildman–Crippen MR) is 108 cm³/mol. The van der Waals surface area contributed by atoms with Crippen molar-refractivity contribution in [2.75, 3.05) is 13.6 Å². The number of rotatable bonds is 10. The summed E-state index contributed by atoms with van der Waals surface area (Å²) < 4.78 is 40.6. The van der Waals surface area contributed by atoms with Crippen LogP contribution in [0.3, 0.4) is 0 Å². The van der Waals surface area contributed by atoms with Gasteiger partial charge in [-0.1, -0.05) is 56.2 Å². The fourth-order valence-electron chi connectivity index (χ4n) is 2.98. The molecule has 0 radical (unpaired) electrons. The summed E-state index contributed by atoms with van der Waals surface area (Å²) in [4.78, 5) is 12.2. The number of alkyl halides is 3. The van der Waals surface area contributed by atoms with Gasteiger partial charge in [-0.25, -0.2) is 0 Å². The zero-order valence-corrected chi connectivity index (χ0v) is 16.7. The Balaban J connectivity index is 1.86. The Bertz CT molecular complexity index is 759. The molecule has 4 nitrogen and oxygen atoms in total. The number of halogens is 3. The Kier molecular flexibility index (Phi) is 8.51. The SMILES string of the molecule is CCCCC(NC)C(=O)NCCc1ccc(-c2ccc(OC(F)(F)F)cc2)cc1. The Morgan fingerprint density at radius 2 is 1.62 bits per heavy atom. The first-order chi connectivity index (χ1) is 13.8.